The zero-order valence-electron chi connectivity index (χ0n) is 12.0. The van der Waals surface area contributed by atoms with Gasteiger partial charge < -0.3 is 15.4 Å². The number of thiazole rings is 1. The van der Waals surface area contributed by atoms with Gasteiger partial charge in [-0.15, -0.1) is 11.3 Å². The number of hydrogen-bond acceptors (Lipinski definition) is 5. The van der Waals surface area contributed by atoms with Crippen LogP contribution in [0, 0.1) is 0 Å². The van der Waals surface area contributed by atoms with Crippen LogP contribution in [0.15, 0.2) is 35.7 Å². The van der Waals surface area contributed by atoms with E-state index >= 15 is 0 Å². The van der Waals surface area contributed by atoms with Crippen molar-refractivity contribution in [1.82, 2.24) is 15.6 Å². The third-order valence-electron chi connectivity index (χ3n) is 4.21. The minimum absolute atomic E-state index is 0.0456. The number of ether oxygens (including phenoxy) is 1. The number of rotatable bonds is 3. The van der Waals surface area contributed by atoms with Gasteiger partial charge >= 0.3 is 0 Å². The van der Waals surface area contributed by atoms with Crippen LogP contribution in [0.3, 0.4) is 0 Å². The molecule has 5 nitrogen and oxygen atoms in total. The quantitative estimate of drug-likeness (QED) is 0.904. The summed E-state index contributed by atoms with van der Waals surface area (Å²) < 4.78 is 5.81. The summed E-state index contributed by atoms with van der Waals surface area (Å²) in [5.41, 5.74) is 1.83. The molecule has 0 saturated carbocycles. The molecule has 2 aromatic rings. The highest BCUT2D eigenvalue weighted by Gasteiger charge is 2.45. The van der Waals surface area contributed by atoms with Crippen molar-refractivity contribution in [3.63, 3.8) is 0 Å². The number of carbonyl (C=O) groups is 1. The van der Waals surface area contributed by atoms with Crippen molar-refractivity contribution >= 4 is 17.2 Å². The first kappa shape index (κ1) is 13.9. The number of aromatic nitrogens is 1. The van der Waals surface area contributed by atoms with Gasteiger partial charge in [0.2, 0.25) is 0 Å². The topological polar surface area (TPSA) is 63.2 Å². The molecular formula is C16H17N3O2S. The van der Waals surface area contributed by atoms with E-state index in [0.29, 0.717) is 11.6 Å². The van der Waals surface area contributed by atoms with Crippen molar-refractivity contribution in [2.24, 2.45) is 0 Å². The first-order valence-corrected chi connectivity index (χ1v) is 8.29. The predicted molar refractivity (Wildman–Crippen MR) is 85.0 cm³/mol. The lowest BCUT2D eigenvalue weighted by molar-refractivity contribution is -0.0360. The molecular weight excluding hydrogens is 298 g/mol. The second-order valence-electron chi connectivity index (χ2n) is 5.88. The van der Waals surface area contributed by atoms with Crippen LogP contribution >= 0.6 is 11.3 Å². The zero-order chi connectivity index (χ0) is 15.0. The van der Waals surface area contributed by atoms with Crippen LogP contribution in [0.1, 0.15) is 16.2 Å². The molecule has 22 heavy (non-hydrogen) atoms. The Morgan fingerprint density at radius 1 is 1.36 bits per heavy atom. The molecule has 4 rings (SSSR count). The molecule has 2 aliphatic heterocycles. The fourth-order valence-electron chi connectivity index (χ4n) is 2.95. The molecule has 3 heterocycles. The van der Waals surface area contributed by atoms with E-state index in [-0.39, 0.29) is 17.6 Å². The third-order valence-corrected chi connectivity index (χ3v) is 5.05. The molecule has 2 fully saturated rings. The van der Waals surface area contributed by atoms with E-state index < -0.39 is 0 Å². The number of carbonyl (C=O) groups excluding carboxylic acids is 1. The molecule has 0 bridgehead atoms. The van der Waals surface area contributed by atoms with E-state index in [2.05, 4.69) is 15.6 Å². The van der Waals surface area contributed by atoms with Crippen molar-refractivity contribution in [1.29, 1.82) is 0 Å². The van der Waals surface area contributed by atoms with Gasteiger partial charge in [-0.25, -0.2) is 4.98 Å². The van der Waals surface area contributed by atoms with Gasteiger partial charge in [-0.1, -0.05) is 30.3 Å². The Kier molecular flexibility index (Phi) is 3.44. The van der Waals surface area contributed by atoms with Gasteiger partial charge in [-0.05, 0) is 0 Å². The van der Waals surface area contributed by atoms with Gasteiger partial charge in [0.1, 0.15) is 0 Å². The minimum atomic E-state index is -0.106. The molecule has 2 saturated heterocycles. The third kappa shape index (κ3) is 2.54. The minimum Gasteiger partial charge on any atom is -0.370 e. The normalized spacial score (nSPS) is 22.5. The van der Waals surface area contributed by atoms with Crippen LogP contribution in [0.25, 0.3) is 11.3 Å². The highest BCUT2D eigenvalue weighted by Crippen LogP contribution is 2.29. The standard InChI is InChI=1S/C16H17N3O2S/c20-14(18-12-6-16(21-7-12)9-17-10-16)15-19-13(8-22-15)11-4-2-1-3-5-11/h1-5,8,12,17H,6-7,9-10H2,(H,18,20). The fourth-order valence-corrected chi connectivity index (χ4v) is 3.68. The number of hydrogen-bond donors (Lipinski definition) is 2. The van der Waals surface area contributed by atoms with E-state index in [1.165, 1.54) is 11.3 Å². The number of amides is 1. The van der Waals surface area contributed by atoms with Crippen LogP contribution < -0.4 is 10.6 Å². The Morgan fingerprint density at radius 2 is 2.18 bits per heavy atom. The summed E-state index contributed by atoms with van der Waals surface area (Å²) in [6.45, 7) is 2.36. The molecule has 1 atom stereocenters. The Hall–Kier alpha value is -1.76. The molecule has 1 amide bonds. The van der Waals surface area contributed by atoms with Gasteiger partial charge in [0.05, 0.1) is 23.9 Å². The molecule has 1 aromatic carbocycles. The first-order chi connectivity index (χ1) is 10.7. The van der Waals surface area contributed by atoms with Crippen molar-refractivity contribution in [2.75, 3.05) is 19.7 Å². The lowest BCUT2D eigenvalue weighted by Gasteiger charge is -2.38. The maximum Gasteiger partial charge on any atom is 0.280 e. The Bertz CT molecular complexity index is 682. The summed E-state index contributed by atoms with van der Waals surface area (Å²) in [5, 5.41) is 8.69. The summed E-state index contributed by atoms with van der Waals surface area (Å²) >= 11 is 1.38. The zero-order valence-corrected chi connectivity index (χ0v) is 12.9. The highest BCUT2D eigenvalue weighted by molar-refractivity contribution is 7.12. The predicted octanol–water partition coefficient (Wildman–Crippen LogP) is 1.67. The molecule has 2 N–H and O–H groups in total. The van der Waals surface area contributed by atoms with E-state index in [1.807, 2.05) is 35.7 Å². The van der Waals surface area contributed by atoms with Crippen molar-refractivity contribution in [3.05, 3.63) is 40.7 Å². The molecule has 0 radical (unpaired) electrons. The van der Waals surface area contributed by atoms with Crippen LogP contribution in [0.4, 0.5) is 0 Å². The van der Waals surface area contributed by atoms with Crippen LogP contribution in [0.2, 0.25) is 0 Å². The number of nitrogens with one attached hydrogen (secondary N) is 2. The number of benzene rings is 1. The van der Waals surface area contributed by atoms with Crippen molar-refractivity contribution < 1.29 is 9.53 Å². The molecule has 114 valence electrons. The average molecular weight is 315 g/mol. The highest BCUT2D eigenvalue weighted by atomic mass is 32.1. The second kappa shape index (κ2) is 5.46. The molecule has 6 heteroatoms. The number of nitrogens with zero attached hydrogens (tertiary/aromatic N) is 1. The summed E-state index contributed by atoms with van der Waals surface area (Å²) in [4.78, 5) is 16.8. The molecule has 2 aliphatic rings. The lowest BCUT2D eigenvalue weighted by atomic mass is 9.92. The summed E-state index contributed by atoms with van der Waals surface area (Å²) in [6.07, 6.45) is 0.878. The molecule has 1 spiro atoms. The van der Waals surface area contributed by atoms with Gasteiger partial charge in [0.15, 0.2) is 5.01 Å². The SMILES string of the molecule is O=C(NC1COC2(CNC2)C1)c1nc(-c2ccccc2)cs1. The first-order valence-electron chi connectivity index (χ1n) is 7.41. The molecule has 0 aliphatic carbocycles. The van der Waals surface area contributed by atoms with Gasteiger partial charge in [-0.3, -0.25) is 4.79 Å². The van der Waals surface area contributed by atoms with Gasteiger partial charge in [0.25, 0.3) is 5.91 Å². The summed E-state index contributed by atoms with van der Waals surface area (Å²) in [5.74, 6) is -0.106. The summed E-state index contributed by atoms with van der Waals surface area (Å²) in [6, 6.07) is 9.98. The fraction of sp³-hybridized carbons (Fsp3) is 0.375. The molecule has 1 aromatic heterocycles. The van der Waals surface area contributed by atoms with Gasteiger partial charge in [-0.2, -0.15) is 0 Å². The van der Waals surface area contributed by atoms with Crippen molar-refractivity contribution in [2.45, 2.75) is 18.1 Å². The van der Waals surface area contributed by atoms with Crippen molar-refractivity contribution in [3.8, 4) is 11.3 Å². The lowest BCUT2D eigenvalue weighted by Crippen LogP contribution is -2.59. The second-order valence-corrected chi connectivity index (χ2v) is 6.73. The van der Waals surface area contributed by atoms with Crippen LogP contribution in [0.5, 0.6) is 0 Å². The Morgan fingerprint density at radius 3 is 2.86 bits per heavy atom. The monoisotopic (exact) mass is 315 g/mol. The van der Waals surface area contributed by atoms with Crippen LogP contribution in [-0.2, 0) is 4.74 Å². The van der Waals surface area contributed by atoms with E-state index in [1.54, 1.807) is 0 Å². The largest absolute Gasteiger partial charge is 0.370 e. The van der Waals surface area contributed by atoms with E-state index in [4.69, 9.17) is 4.74 Å². The Labute approximate surface area is 132 Å². The van der Waals surface area contributed by atoms with E-state index in [9.17, 15) is 4.79 Å². The van der Waals surface area contributed by atoms with E-state index in [0.717, 1.165) is 30.8 Å². The maximum atomic E-state index is 12.3. The molecule has 1 unspecified atom stereocenters. The summed E-state index contributed by atoms with van der Waals surface area (Å²) in [7, 11) is 0. The smallest absolute Gasteiger partial charge is 0.280 e. The van der Waals surface area contributed by atoms with Crippen LogP contribution in [-0.4, -0.2) is 42.2 Å². The van der Waals surface area contributed by atoms with Gasteiger partial charge in [0, 0.05) is 30.5 Å². The maximum absolute atomic E-state index is 12.3. The Balaban J connectivity index is 1.42. The average Bonchev–Trinajstić information content (AvgIpc) is 3.15.